The highest BCUT2D eigenvalue weighted by Gasteiger charge is 2.42. The van der Waals surface area contributed by atoms with Crippen molar-refractivity contribution in [3.8, 4) is 0 Å². The largest absolute Gasteiger partial charge is 0.419 e. The second-order valence-corrected chi connectivity index (χ2v) is 11.7. The van der Waals surface area contributed by atoms with Crippen LogP contribution in [0.3, 0.4) is 0 Å². The number of amides is 2. The van der Waals surface area contributed by atoms with E-state index in [0.29, 0.717) is 12.5 Å². The molecule has 2 aromatic carbocycles. The highest BCUT2D eigenvalue weighted by molar-refractivity contribution is 7.90. The number of nitrogens with zero attached hydrogens (tertiary/aromatic N) is 1. The number of aliphatic hydroxyl groups excluding tert-OH is 1. The molecule has 1 heterocycles. The average Bonchev–Trinajstić information content (AvgIpc) is 3.30. The topological polar surface area (TPSA) is 104 Å². The number of carbonyl (C=O) groups is 2. The lowest BCUT2D eigenvalue weighted by Gasteiger charge is -2.39. The number of hydrogen-bond acceptors (Lipinski definition) is 5. The Labute approximate surface area is 215 Å². The van der Waals surface area contributed by atoms with E-state index in [-0.39, 0.29) is 42.3 Å². The molecular weight excluding hydrogens is 535 g/mol. The van der Waals surface area contributed by atoms with Gasteiger partial charge in [0.2, 0.25) is 5.91 Å². The van der Waals surface area contributed by atoms with Crippen LogP contribution in [0.15, 0.2) is 41.3 Å². The van der Waals surface area contributed by atoms with E-state index < -0.39 is 74.7 Å². The summed E-state index contributed by atoms with van der Waals surface area (Å²) in [6.45, 7) is 0.177. The Bertz CT molecular complexity index is 1360. The zero-order valence-electron chi connectivity index (χ0n) is 20.1. The van der Waals surface area contributed by atoms with Crippen LogP contribution in [0.4, 0.5) is 22.0 Å². The number of likely N-dealkylation sites (tertiary alicyclic amines) is 1. The van der Waals surface area contributed by atoms with Gasteiger partial charge < -0.3 is 15.3 Å². The quantitative estimate of drug-likeness (QED) is 0.526. The van der Waals surface area contributed by atoms with Crippen LogP contribution < -0.4 is 5.32 Å². The van der Waals surface area contributed by atoms with E-state index in [9.17, 15) is 45.1 Å². The van der Waals surface area contributed by atoms with E-state index in [4.69, 9.17) is 0 Å². The zero-order chi connectivity index (χ0) is 28.0. The van der Waals surface area contributed by atoms with Crippen molar-refractivity contribution in [2.75, 3.05) is 12.8 Å². The van der Waals surface area contributed by atoms with Crippen LogP contribution in [0.5, 0.6) is 0 Å². The summed E-state index contributed by atoms with van der Waals surface area (Å²) in [6, 6.07) is 3.51. The SMILES string of the molecule is CS(=O)(=O)c1cccc(C(=O)N2CCC[C@@H]2C(=O)N[C@@H](c2cc(F)c(C(F)(F)F)cc2F)[C@H]2C[C@@H](O)C2)c1. The third kappa shape index (κ3) is 5.68. The molecule has 0 radical (unpaired) electrons. The minimum absolute atomic E-state index is 0.0408. The molecule has 2 atom stereocenters. The van der Waals surface area contributed by atoms with E-state index in [0.717, 1.165) is 6.26 Å². The molecule has 13 heteroatoms. The fourth-order valence-corrected chi connectivity index (χ4v) is 5.59. The van der Waals surface area contributed by atoms with Crippen molar-refractivity contribution in [3.05, 3.63) is 64.7 Å². The van der Waals surface area contributed by atoms with Gasteiger partial charge in [0.05, 0.1) is 22.6 Å². The molecule has 2 aliphatic rings. The van der Waals surface area contributed by atoms with Gasteiger partial charge in [-0.25, -0.2) is 17.2 Å². The molecule has 1 aliphatic heterocycles. The van der Waals surface area contributed by atoms with Gasteiger partial charge in [-0.2, -0.15) is 13.2 Å². The minimum atomic E-state index is -5.12. The molecule has 206 valence electrons. The first-order valence-electron chi connectivity index (χ1n) is 11.8. The molecular formula is C25H25F5N2O5S. The van der Waals surface area contributed by atoms with Gasteiger partial charge in [-0.15, -0.1) is 0 Å². The molecule has 0 spiro atoms. The molecule has 2 amide bonds. The van der Waals surface area contributed by atoms with Crippen LogP contribution >= 0.6 is 0 Å². The number of rotatable bonds is 6. The van der Waals surface area contributed by atoms with Gasteiger partial charge >= 0.3 is 6.18 Å². The third-order valence-electron chi connectivity index (χ3n) is 6.97. The van der Waals surface area contributed by atoms with Crippen LogP contribution in [0, 0.1) is 17.6 Å². The highest BCUT2D eigenvalue weighted by Crippen LogP contribution is 2.41. The van der Waals surface area contributed by atoms with Crippen molar-refractivity contribution in [2.45, 2.75) is 54.9 Å². The van der Waals surface area contributed by atoms with Crippen molar-refractivity contribution in [1.82, 2.24) is 10.2 Å². The maximum absolute atomic E-state index is 14.8. The third-order valence-corrected chi connectivity index (χ3v) is 8.08. The molecule has 0 bridgehead atoms. The second-order valence-electron chi connectivity index (χ2n) is 9.68. The lowest BCUT2D eigenvalue weighted by molar-refractivity contribution is -0.140. The number of alkyl halides is 3. The first-order valence-corrected chi connectivity index (χ1v) is 13.7. The molecule has 0 aromatic heterocycles. The smallest absolute Gasteiger partial charge is 0.393 e. The Kier molecular flexibility index (Phi) is 7.54. The van der Waals surface area contributed by atoms with Gasteiger partial charge in [-0.3, -0.25) is 9.59 Å². The van der Waals surface area contributed by atoms with Crippen LogP contribution in [0.2, 0.25) is 0 Å². The minimum Gasteiger partial charge on any atom is -0.393 e. The lowest BCUT2D eigenvalue weighted by atomic mass is 9.74. The predicted molar refractivity (Wildman–Crippen MR) is 125 cm³/mol. The molecule has 7 nitrogen and oxygen atoms in total. The van der Waals surface area contributed by atoms with Gasteiger partial charge in [0.15, 0.2) is 9.84 Å². The maximum atomic E-state index is 14.8. The molecule has 2 fully saturated rings. The van der Waals surface area contributed by atoms with Crippen LogP contribution in [-0.4, -0.2) is 55.2 Å². The van der Waals surface area contributed by atoms with E-state index in [2.05, 4.69) is 5.32 Å². The Balaban J connectivity index is 1.60. The molecule has 4 rings (SSSR count). The lowest BCUT2D eigenvalue weighted by Crippen LogP contribution is -2.49. The van der Waals surface area contributed by atoms with E-state index in [1.807, 2.05) is 0 Å². The molecule has 2 N–H and O–H groups in total. The van der Waals surface area contributed by atoms with Crippen LogP contribution in [0.1, 0.15) is 53.2 Å². The van der Waals surface area contributed by atoms with Crippen molar-refractivity contribution >= 4 is 21.7 Å². The summed E-state index contributed by atoms with van der Waals surface area (Å²) in [7, 11) is -3.60. The molecule has 2 aromatic rings. The zero-order valence-corrected chi connectivity index (χ0v) is 21.0. The normalized spacial score (nSPS) is 22.6. The summed E-state index contributed by atoms with van der Waals surface area (Å²) >= 11 is 0. The Morgan fingerprint density at radius 2 is 1.79 bits per heavy atom. The van der Waals surface area contributed by atoms with Crippen molar-refractivity contribution in [2.24, 2.45) is 5.92 Å². The molecule has 0 unspecified atom stereocenters. The van der Waals surface area contributed by atoms with Gasteiger partial charge in [0.1, 0.15) is 17.7 Å². The number of carbonyl (C=O) groups excluding carboxylic acids is 2. The highest BCUT2D eigenvalue weighted by atomic mass is 32.2. The van der Waals surface area contributed by atoms with Crippen molar-refractivity contribution in [3.63, 3.8) is 0 Å². The Hall–Kier alpha value is -3.06. The van der Waals surface area contributed by atoms with Gasteiger partial charge in [-0.1, -0.05) is 6.07 Å². The number of benzene rings is 2. The number of halogens is 5. The van der Waals surface area contributed by atoms with E-state index in [1.165, 1.54) is 29.2 Å². The predicted octanol–water partition coefficient (Wildman–Crippen LogP) is 3.62. The van der Waals surface area contributed by atoms with Crippen molar-refractivity contribution < 1.29 is 45.1 Å². The van der Waals surface area contributed by atoms with E-state index in [1.54, 1.807) is 0 Å². The molecule has 1 saturated carbocycles. The number of hydrogen-bond donors (Lipinski definition) is 2. The van der Waals surface area contributed by atoms with Crippen LogP contribution in [0.25, 0.3) is 0 Å². The number of aliphatic hydroxyl groups is 1. The Morgan fingerprint density at radius 1 is 1.11 bits per heavy atom. The molecule has 1 aliphatic carbocycles. The summed E-state index contributed by atoms with van der Waals surface area (Å²) in [4.78, 5) is 27.6. The summed E-state index contributed by atoms with van der Waals surface area (Å²) in [5, 5.41) is 12.3. The van der Waals surface area contributed by atoms with Gasteiger partial charge in [0.25, 0.3) is 5.91 Å². The standard InChI is InChI=1S/C25H25F5N2O5S/c1-38(36,37)16-5-2-4-13(10-16)24(35)32-7-3-6-21(32)23(34)31-22(14-8-15(33)9-14)17-11-20(27)18(12-19(17)26)25(28,29)30/h2,4-5,10-12,14-15,21-22,33H,3,6-9H2,1H3,(H,31,34)/t14-,15+,21-,22-/m1/s1. The summed E-state index contributed by atoms with van der Waals surface area (Å²) in [5.74, 6) is -4.95. The maximum Gasteiger partial charge on any atom is 0.419 e. The Morgan fingerprint density at radius 3 is 2.39 bits per heavy atom. The summed E-state index contributed by atoms with van der Waals surface area (Å²) in [5.41, 5.74) is -2.22. The monoisotopic (exact) mass is 560 g/mol. The molecule has 1 saturated heterocycles. The van der Waals surface area contributed by atoms with Gasteiger partial charge in [-0.05, 0) is 61.9 Å². The average molecular weight is 561 g/mol. The van der Waals surface area contributed by atoms with Gasteiger partial charge in [0, 0.05) is 23.9 Å². The first-order chi connectivity index (χ1) is 17.7. The summed E-state index contributed by atoms with van der Waals surface area (Å²) in [6.07, 6.45) is -4.00. The summed E-state index contributed by atoms with van der Waals surface area (Å²) < 4.78 is 92.0. The molecule has 38 heavy (non-hydrogen) atoms. The second kappa shape index (κ2) is 10.3. The first kappa shape index (κ1) is 28.0. The van der Waals surface area contributed by atoms with E-state index >= 15 is 0 Å². The fraction of sp³-hybridized carbons (Fsp3) is 0.440. The number of nitrogens with one attached hydrogen (secondary N) is 1. The fourth-order valence-electron chi connectivity index (χ4n) is 4.93. The van der Waals surface area contributed by atoms with Crippen molar-refractivity contribution in [1.29, 1.82) is 0 Å². The number of sulfone groups is 1. The van der Waals surface area contributed by atoms with Crippen LogP contribution in [-0.2, 0) is 20.8 Å².